The molecule has 226 valence electrons. The van der Waals surface area contributed by atoms with Gasteiger partial charge in [0.1, 0.15) is 0 Å². The van der Waals surface area contributed by atoms with E-state index in [1.54, 1.807) is 0 Å². The van der Waals surface area contributed by atoms with Crippen molar-refractivity contribution in [3.8, 4) is 27.9 Å². The molecule has 0 amide bonds. The number of anilines is 4. The molecule has 48 heavy (non-hydrogen) atoms. The summed E-state index contributed by atoms with van der Waals surface area (Å²) in [7, 11) is 4.46. The van der Waals surface area contributed by atoms with Gasteiger partial charge in [0.25, 0.3) is 6.71 Å². The molecule has 0 spiro atoms. The van der Waals surface area contributed by atoms with Gasteiger partial charge >= 0.3 is 0 Å². The number of hydrogen-bond donors (Lipinski definition) is 0. The highest BCUT2D eigenvalue weighted by molar-refractivity contribution is 7.00. The van der Waals surface area contributed by atoms with E-state index < -0.39 is 0 Å². The Bertz CT molecular complexity index is 2380. The van der Waals surface area contributed by atoms with Gasteiger partial charge in [-0.15, -0.1) is 0 Å². The molecule has 3 nitrogen and oxygen atoms in total. The van der Waals surface area contributed by atoms with Crippen LogP contribution in [0.1, 0.15) is 0 Å². The normalized spacial score (nSPS) is 13.1. The fourth-order valence-corrected chi connectivity index (χ4v) is 8.48. The van der Waals surface area contributed by atoms with Crippen molar-refractivity contribution in [3.05, 3.63) is 158 Å². The molecule has 8 aromatic rings. The summed E-state index contributed by atoms with van der Waals surface area (Å²) >= 11 is 0. The molecule has 0 radical (unpaired) electrons. The van der Waals surface area contributed by atoms with Crippen LogP contribution in [-0.2, 0) is 0 Å². The lowest BCUT2D eigenvalue weighted by Crippen LogP contribution is -2.61. The fourth-order valence-electron chi connectivity index (χ4n) is 8.48. The van der Waals surface area contributed by atoms with E-state index in [1.807, 2.05) is 0 Å². The SMILES string of the molecule is CN1c2ccccc2B2c3ccccc3N(C)c3cc(-n4c5c(-c6ccccc6)cccc5c5cccc(-c6ccccc6)c54)cc1c32. The van der Waals surface area contributed by atoms with E-state index in [1.165, 1.54) is 83.2 Å². The molecule has 0 N–H and O–H groups in total. The van der Waals surface area contributed by atoms with Crippen LogP contribution in [-0.4, -0.2) is 25.4 Å². The zero-order valence-corrected chi connectivity index (χ0v) is 26.9. The summed E-state index contributed by atoms with van der Waals surface area (Å²) in [6, 6.07) is 57.9. The maximum Gasteiger partial charge on any atom is 0.252 e. The van der Waals surface area contributed by atoms with Crippen LogP contribution in [0.25, 0.3) is 49.7 Å². The second-order valence-corrected chi connectivity index (χ2v) is 13.0. The number of hydrogen-bond acceptors (Lipinski definition) is 2. The second kappa shape index (κ2) is 10.3. The van der Waals surface area contributed by atoms with Gasteiger partial charge < -0.3 is 14.4 Å². The number of aromatic nitrogens is 1. The number of para-hydroxylation sites is 4. The lowest BCUT2D eigenvalue weighted by atomic mass is 9.33. The molecule has 1 aromatic heterocycles. The summed E-state index contributed by atoms with van der Waals surface area (Å²) in [5, 5.41) is 2.51. The van der Waals surface area contributed by atoms with Crippen molar-refractivity contribution in [2.75, 3.05) is 23.9 Å². The first-order chi connectivity index (χ1) is 23.7. The van der Waals surface area contributed by atoms with E-state index in [0.29, 0.717) is 0 Å². The summed E-state index contributed by atoms with van der Waals surface area (Å²) < 4.78 is 2.55. The average Bonchev–Trinajstić information content (AvgIpc) is 3.50. The Hall–Kier alpha value is -6.00. The van der Waals surface area contributed by atoms with E-state index in [4.69, 9.17) is 0 Å². The first-order valence-electron chi connectivity index (χ1n) is 16.7. The van der Waals surface area contributed by atoms with Crippen molar-refractivity contribution in [2.24, 2.45) is 0 Å². The molecule has 0 saturated carbocycles. The largest absolute Gasteiger partial charge is 0.345 e. The van der Waals surface area contributed by atoms with Gasteiger partial charge in [-0.3, -0.25) is 0 Å². The van der Waals surface area contributed by atoms with Crippen molar-refractivity contribution >= 4 is 67.7 Å². The minimum atomic E-state index is 0.168. The van der Waals surface area contributed by atoms with Gasteiger partial charge in [-0.2, -0.15) is 0 Å². The van der Waals surface area contributed by atoms with Crippen LogP contribution in [0.2, 0.25) is 0 Å². The Morgan fingerprint density at radius 1 is 0.417 bits per heavy atom. The van der Waals surface area contributed by atoms with Crippen LogP contribution in [0.3, 0.4) is 0 Å². The van der Waals surface area contributed by atoms with Crippen molar-refractivity contribution in [1.82, 2.24) is 4.57 Å². The highest BCUT2D eigenvalue weighted by Gasteiger charge is 2.41. The van der Waals surface area contributed by atoms with Gasteiger partial charge in [-0.05, 0) is 51.8 Å². The summed E-state index contributed by atoms with van der Waals surface area (Å²) in [6.45, 7) is 0.168. The first-order valence-corrected chi connectivity index (χ1v) is 16.7. The lowest BCUT2D eigenvalue weighted by Gasteiger charge is -2.42. The number of rotatable bonds is 3. The minimum Gasteiger partial charge on any atom is -0.345 e. The first kappa shape index (κ1) is 27.1. The van der Waals surface area contributed by atoms with Crippen molar-refractivity contribution < 1.29 is 0 Å². The molecular formula is C44H32BN3. The third-order valence-corrected chi connectivity index (χ3v) is 10.6. The van der Waals surface area contributed by atoms with Gasteiger partial charge in [0.2, 0.25) is 0 Å². The number of benzene rings is 7. The standard InChI is InChI=1S/C44H32BN3/c1-46-38-25-11-9-23-36(38)45-37-24-10-12-26-39(37)47(2)41-28-31(27-40(46)42(41)45)48-43-32(29-15-5-3-6-16-29)19-13-21-34(43)35-22-14-20-33(44(35)48)30-17-7-4-8-18-30/h3-28H,1-2H3. The lowest BCUT2D eigenvalue weighted by molar-refractivity contribution is 1.13. The Kier molecular flexibility index (Phi) is 5.80. The molecule has 2 aliphatic rings. The van der Waals surface area contributed by atoms with Gasteiger partial charge in [0, 0.05) is 58.7 Å². The molecule has 4 heteroatoms. The van der Waals surface area contributed by atoms with Gasteiger partial charge in [0.15, 0.2) is 0 Å². The molecule has 0 atom stereocenters. The summed E-state index contributed by atoms with van der Waals surface area (Å²) in [5.41, 5.74) is 17.6. The zero-order chi connectivity index (χ0) is 31.9. The van der Waals surface area contributed by atoms with Crippen LogP contribution >= 0.6 is 0 Å². The zero-order valence-electron chi connectivity index (χ0n) is 26.9. The molecule has 0 aliphatic carbocycles. The predicted molar refractivity (Wildman–Crippen MR) is 205 cm³/mol. The van der Waals surface area contributed by atoms with Gasteiger partial charge in [-0.1, -0.05) is 133 Å². The number of fused-ring (bicyclic) bond motifs is 7. The summed E-state index contributed by atoms with van der Waals surface area (Å²) in [5.74, 6) is 0. The summed E-state index contributed by atoms with van der Waals surface area (Å²) in [4.78, 5) is 4.81. The van der Waals surface area contributed by atoms with E-state index in [2.05, 4.69) is 186 Å². The average molecular weight is 614 g/mol. The molecular weight excluding hydrogens is 581 g/mol. The van der Waals surface area contributed by atoms with Crippen molar-refractivity contribution in [3.63, 3.8) is 0 Å². The van der Waals surface area contributed by atoms with E-state index in [9.17, 15) is 0 Å². The van der Waals surface area contributed by atoms with Crippen LogP contribution in [0, 0.1) is 0 Å². The highest BCUT2D eigenvalue weighted by atomic mass is 15.2. The second-order valence-electron chi connectivity index (χ2n) is 13.0. The molecule has 2 aliphatic heterocycles. The molecule has 3 heterocycles. The molecule has 0 saturated heterocycles. The van der Waals surface area contributed by atoms with Crippen LogP contribution < -0.4 is 26.2 Å². The van der Waals surface area contributed by atoms with Crippen LogP contribution in [0.15, 0.2) is 158 Å². The Balaban J connectivity index is 1.36. The predicted octanol–water partition coefficient (Wildman–Crippen LogP) is 8.80. The van der Waals surface area contributed by atoms with Crippen LogP contribution in [0.5, 0.6) is 0 Å². The van der Waals surface area contributed by atoms with Gasteiger partial charge in [-0.25, -0.2) is 0 Å². The Morgan fingerprint density at radius 2 is 0.854 bits per heavy atom. The third kappa shape index (κ3) is 3.71. The Morgan fingerprint density at radius 3 is 1.33 bits per heavy atom. The molecule has 10 rings (SSSR count). The number of nitrogens with zero attached hydrogens (tertiary/aromatic N) is 3. The van der Waals surface area contributed by atoms with E-state index in [0.717, 1.165) is 5.69 Å². The topological polar surface area (TPSA) is 11.4 Å². The smallest absolute Gasteiger partial charge is 0.252 e. The quantitative estimate of drug-likeness (QED) is 0.185. The maximum atomic E-state index is 2.55. The molecule has 7 aromatic carbocycles. The monoisotopic (exact) mass is 613 g/mol. The molecule has 0 fully saturated rings. The third-order valence-electron chi connectivity index (χ3n) is 10.6. The van der Waals surface area contributed by atoms with E-state index in [-0.39, 0.29) is 6.71 Å². The maximum absolute atomic E-state index is 2.55. The minimum absolute atomic E-state index is 0.168. The van der Waals surface area contributed by atoms with Crippen molar-refractivity contribution in [2.45, 2.75) is 0 Å². The van der Waals surface area contributed by atoms with E-state index >= 15 is 0 Å². The van der Waals surface area contributed by atoms with Crippen molar-refractivity contribution in [1.29, 1.82) is 0 Å². The fraction of sp³-hybridized carbons (Fsp3) is 0.0455. The molecule has 0 unspecified atom stereocenters. The van der Waals surface area contributed by atoms with Crippen LogP contribution in [0.4, 0.5) is 22.7 Å². The molecule has 0 bridgehead atoms. The highest BCUT2D eigenvalue weighted by Crippen LogP contribution is 2.44. The summed E-state index contributed by atoms with van der Waals surface area (Å²) in [6.07, 6.45) is 0. The van der Waals surface area contributed by atoms with Gasteiger partial charge in [0.05, 0.1) is 16.7 Å². The Labute approximate surface area is 281 Å².